The van der Waals surface area contributed by atoms with Crippen LogP contribution < -0.4 is 0 Å². The van der Waals surface area contributed by atoms with Gasteiger partial charge in [0.05, 0.1) is 29.7 Å². The molecule has 0 saturated heterocycles. The third-order valence-corrected chi connectivity index (χ3v) is 8.67. The lowest BCUT2D eigenvalue weighted by atomic mass is 9.83. The molecule has 5 nitrogen and oxygen atoms in total. The Kier molecular flexibility index (Phi) is 8.34. The maximum atomic E-state index is 13.6. The lowest BCUT2D eigenvalue weighted by Crippen LogP contribution is -2.48. The molecular formula is C34H41NO4. The Bertz CT molecular complexity index is 1300. The highest BCUT2D eigenvalue weighted by molar-refractivity contribution is 6.23. The normalized spacial score (nSPS) is 20.2. The molecule has 3 atom stereocenters. The zero-order chi connectivity index (χ0) is 27.5. The molecule has 206 valence electrons. The number of fused-ring (bicyclic) bond motifs is 3. The first-order chi connectivity index (χ1) is 18.8. The Labute approximate surface area is 231 Å². The van der Waals surface area contributed by atoms with Gasteiger partial charge < -0.3 is 4.74 Å². The Balaban J connectivity index is 1.26. The molecule has 0 radical (unpaired) electrons. The summed E-state index contributed by atoms with van der Waals surface area (Å²) >= 11 is 0. The second-order valence-corrected chi connectivity index (χ2v) is 12.1. The number of benzene rings is 3. The third kappa shape index (κ3) is 5.88. The van der Waals surface area contributed by atoms with E-state index in [0.717, 1.165) is 53.1 Å². The van der Waals surface area contributed by atoms with E-state index in [9.17, 15) is 14.4 Å². The summed E-state index contributed by atoms with van der Waals surface area (Å²) in [7, 11) is 0. The second kappa shape index (κ2) is 11.9. The van der Waals surface area contributed by atoms with Crippen LogP contribution in [0.2, 0.25) is 0 Å². The smallest absolute Gasteiger partial charge is 0.311 e. The molecule has 0 N–H and O–H groups in total. The summed E-state index contributed by atoms with van der Waals surface area (Å²) in [5.41, 5.74) is 0.874. The number of hydrogen-bond acceptors (Lipinski definition) is 4. The Morgan fingerprint density at radius 1 is 0.821 bits per heavy atom. The fourth-order valence-corrected chi connectivity index (χ4v) is 6.42. The Morgan fingerprint density at radius 3 is 2.03 bits per heavy atom. The summed E-state index contributed by atoms with van der Waals surface area (Å²) < 4.78 is 5.73. The summed E-state index contributed by atoms with van der Waals surface area (Å²) in [4.78, 5) is 41.8. The molecule has 5 rings (SSSR count). The summed E-state index contributed by atoms with van der Waals surface area (Å²) in [6, 6.07) is 15.5. The zero-order valence-corrected chi connectivity index (χ0v) is 23.6. The van der Waals surface area contributed by atoms with Gasteiger partial charge in [0.2, 0.25) is 0 Å². The molecule has 3 aromatic rings. The van der Waals surface area contributed by atoms with Crippen LogP contribution in [0.25, 0.3) is 21.5 Å². The number of carbonyl (C=O) groups is 3. The van der Waals surface area contributed by atoms with Gasteiger partial charge >= 0.3 is 5.97 Å². The quantitative estimate of drug-likeness (QED) is 0.116. The summed E-state index contributed by atoms with van der Waals surface area (Å²) in [5, 5.41) is 4.07. The fourth-order valence-electron chi connectivity index (χ4n) is 6.42. The Hall–Kier alpha value is -3.21. The van der Waals surface area contributed by atoms with Gasteiger partial charge in [-0.3, -0.25) is 19.3 Å². The fraction of sp³-hybridized carbons (Fsp3) is 0.500. The van der Waals surface area contributed by atoms with Gasteiger partial charge in [0.25, 0.3) is 11.8 Å². The van der Waals surface area contributed by atoms with Gasteiger partial charge in [0.15, 0.2) is 0 Å². The molecule has 0 spiro atoms. The van der Waals surface area contributed by atoms with E-state index in [1.165, 1.54) is 24.2 Å². The van der Waals surface area contributed by atoms with Crippen LogP contribution in [0.3, 0.4) is 0 Å². The molecule has 0 aromatic heterocycles. The molecule has 1 fully saturated rings. The van der Waals surface area contributed by atoms with Crippen molar-refractivity contribution in [2.24, 2.45) is 17.8 Å². The van der Waals surface area contributed by atoms with Gasteiger partial charge in [-0.2, -0.15) is 0 Å². The molecule has 1 aliphatic carbocycles. The van der Waals surface area contributed by atoms with Crippen LogP contribution in [0.4, 0.5) is 0 Å². The number of amides is 2. The molecule has 1 saturated carbocycles. The number of esters is 1. The van der Waals surface area contributed by atoms with Crippen molar-refractivity contribution in [1.82, 2.24) is 4.90 Å². The maximum Gasteiger partial charge on any atom is 0.311 e. The lowest BCUT2D eigenvalue weighted by Gasteiger charge is -2.35. The van der Waals surface area contributed by atoms with Gasteiger partial charge in [-0.15, -0.1) is 0 Å². The highest BCUT2D eigenvalue weighted by atomic mass is 16.5. The van der Waals surface area contributed by atoms with E-state index in [1.807, 2.05) is 36.4 Å². The van der Waals surface area contributed by atoms with Gasteiger partial charge in [-0.1, -0.05) is 77.1 Å². The zero-order valence-electron chi connectivity index (χ0n) is 23.6. The molecule has 5 heteroatoms. The minimum absolute atomic E-state index is 0.264. The summed E-state index contributed by atoms with van der Waals surface area (Å²) in [6.45, 7) is 7.19. The van der Waals surface area contributed by atoms with Crippen molar-refractivity contribution in [2.75, 3.05) is 6.61 Å². The van der Waals surface area contributed by atoms with Crippen LogP contribution in [-0.2, 0) is 9.53 Å². The molecule has 0 bridgehead atoms. The van der Waals surface area contributed by atoms with E-state index >= 15 is 0 Å². The van der Waals surface area contributed by atoms with Crippen molar-refractivity contribution in [1.29, 1.82) is 0 Å². The number of ether oxygens (including phenoxy) is 1. The largest absolute Gasteiger partial charge is 0.465 e. The van der Waals surface area contributed by atoms with E-state index in [-0.39, 0.29) is 17.8 Å². The van der Waals surface area contributed by atoms with Gasteiger partial charge in [0, 0.05) is 0 Å². The molecule has 39 heavy (non-hydrogen) atoms. The Morgan fingerprint density at radius 2 is 1.41 bits per heavy atom. The van der Waals surface area contributed by atoms with Gasteiger partial charge in [0.1, 0.15) is 0 Å². The highest BCUT2D eigenvalue weighted by Gasteiger charge is 2.46. The topological polar surface area (TPSA) is 63.7 Å². The number of carbonyl (C=O) groups excluding carboxylic acids is 3. The first-order valence-corrected chi connectivity index (χ1v) is 14.8. The van der Waals surface area contributed by atoms with E-state index in [0.29, 0.717) is 36.5 Å². The van der Waals surface area contributed by atoms with Crippen LogP contribution >= 0.6 is 0 Å². The molecule has 2 aliphatic rings. The maximum absolute atomic E-state index is 13.6. The predicted molar refractivity (Wildman–Crippen MR) is 156 cm³/mol. The average Bonchev–Trinajstić information content (AvgIpc) is 3.16. The number of nitrogens with zero attached hydrogens (tertiary/aromatic N) is 1. The molecule has 1 heterocycles. The van der Waals surface area contributed by atoms with Crippen LogP contribution in [0.1, 0.15) is 99.3 Å². The first-order valence-electron chi connectivity index (χ1n) is 14.8. The molecule has 1 aliphatic heterocycles. The number of hydrogen-bond donors (Lipinski definition) is 0. The predicted octanol–water partition coefficient (Wildman–Crippen LogP) is 7.93. The van der Waals surface area contributed by atoms with E-state index in [1.54, 1.807) is 0 Å². The van der Waals surface area contributed by atoms with Crippen LogP contribution in [0, 0.1) is 17.8 Å². The monoisotopic (exact) mass is 527 g/mol. The lowest BCUT2D eigenvalue weighted by molar-refractivity contribution is -0.151. The van der Waals surface area contributed by atoms with Gasteiger partial charge in [-0.25, -0.2) is 0 Å². The standard InChI is InChI=1S/C34H41NO4/c1-22(2)10-8-11-23(3)12-9-17-39-34(38)28-15-6-7-16-31(28)35-32(36)29-20-26-18-24-13-4-5-14-25(24)19-27(26)21-30(29)33(35)37/h4-5,13-14,18-23,28,31H,6-12,15-17H2,1-3H3/t23-,28+,31+/m1/s1. The van der Waals surface area contributed by atoms with Crippen LogP contribution in [0.5, 0.6) is 0 Å². The van der Waals surface area contributed by atoms with Crippen molar-refractivity contribution in [3.8, 4) is 0 Å². The number of imide groups is 1. The van der Waals surface area contributed by atoms with E-state index < -0.39 is 12.0 Å². The number of rotatable bonds is 10. The molecule has 0 unspecified atom stereocenters. The van der Waals surface area contributed by atoms with Crippen molar-refractivity contribution >= 4 is 39.3 Å². The highest BCUT2D eigenvalue weighted by Crippen LogP contribution is 2.37. The minimum Gasteiger partial charge on any atom is -0.465 e. The van der Waals surface area contributed by atoms with Crippen molar-refractivity contribution < 1.29 is 19.1 Å². The molecular weight excluding hydrogens is 486 g/mol. The van der Waals surface area contributed by atoms with Gasteiger partial charge in [-0.05, 0) is 83.3 Å². The summed E-state index contributed by atoms with van der Waals surface area (Å²) in [6.07, 6.45) is 8.69. The third-order valence-electron chi connectivity index (χ3n) is 8.67. The first kappa shape index (κ1) is 27.4. The SMILES string of the molecule is CC(C)CCC[C@@H](C)CCCOC(=O)[C@H]1CCCC[C@@H]1N1C(=O)c2cc3cc4ccccc4cc3cc2C1=O. The van der Waals surface area contributed by atoms with E-state index in [4.69, 9.17) is 4.74 Å². The second-order valence-electron chi connectivity index (χ2n) is 12.1. The van der Waals surface area contributed by atoms with Crippen molar-refractivity contribution in [2.45, 2.75) is 84.6 Å². The average molecular weight is 528 g/mol. The summed E-state index contributed by atoms with van der Waals surface area (Å²) in [5.74, 6) is 0.0656. The van der Waals surface area contributed by atoms with Crippen molar-refractivity contribution in [3.63, 3.8) is 0 Å². The minimum atomic E-state index is -0.457. The van der Waals surface area contributed by atoms with Crippen LogP contribution in [-0.4, -0.2) is 35.3 Å². The van der Waals surface area contributed by atoms with Crippen molar-refractivity contribution in [3.05, 3.63) is 59.7 Å². The molecule has 3 aromatic carbocycles. The van der Waals surface area contributed by atoms with Crippen LogP contribution in [0.15, 0.2) is 48.5 Å². The van der Waals surface area contributed by atoms with E-state index in [2.05, 4.69) is 32.9 Å². The molecule has 2 amide bonds.